The molecule has 0 spiro atoms. The summed E-state index contributed by atoms with van der Waals surface area (Å²) >= 11 is 0. The predicted molar refractivity (Wildman–Crippen MR) is 134 cm³/mol. The Morgan fingerprint density at radius 2 is 1.50 bits per heavy atom. The van der Waals surface area contributed by atoms with Gasteiger partial charge in [0.2, 0.25) is 0 Å². The van der Waals surface area contributed by atoms with Crippen LogP contribution in [0, 0.1) is 5.82 Å². The van der Waals surface area contributed by atoms with Crippen molar-refractivity contribution in [3.63, 3.8) is 0 Å². The van der Waals surface area contributed by atoms with E-state index in [1.807, 2.05) is 24.3 Å². The highest BCUT2D eigenvalue weighted by molar-refractivity contribution is 6.07. The Bertz CT molecular complexity index is 1180. The number of anilines is 1. The SMILES string of the molecule is COc1ccc(-c2ccc(N3CCN(C)CC3)c(C=CC(=O)c3ccc(OC)cc3F)c2)cc1. The first-order valence-electron chi connectivity index (χ1n) is 11.3. The van der Waals surface area contributed by atoms with E-state index < -0.39 is 5.82 Å². The normalized spacial score (nSPS) is 14.4. The number of benzene rings is 3. The second-order valence-electron chi connectivity index (χ2n) is 8.34. The number of hydrogen-bond acceptors (Lipinski definition) is 5. The fourth-order valence-corrected chi connectivity index (χ4v) is 4.06. The summed E-state index contributed by atoms with van der Waals surface area (Å²) in [6.45, 7) is 3.75. The van der Waals surface area contributed by atoms with Crippen LogP contribution in [0.4, 0.5) is 10.1 Å². The molecule has 3 aromatic carbocycles. The van der Waals surface area contributed by atoms with Gasteiger partial charge in [-0.2, -0.15) is 0 Å². The van der Waals surface area contributed by atoms with Crippen LogP contribution in [0.5, 0.6) is 11.5 Å². The highest BCUT2D eigenvalue weighted by Crippen LogP contribution is 2.30. The molecule has 3 aromatic rings. The Hall–Kier alpha value is -3.64. The van der Waals surface area contributed by atoms with Gasteiger partial charge in [-0.05, 0) is 72.3 Å². The third-order valence-electron chi connectivity index (χ3n) is 6.15. The van der Waals surface area contributed by atoms with Gasteiger partial charge in [-0.3, -0.25) is 4.79 Å². The van der Waals surface area contributed by atoms with E-state index in [1.165, 1.54) is 25.3 Å². The molecule has 0 atom stereocenters. The molecule has 0 aliphatic carbocycles. The van der Waals surface area contributed by atoms with E-state index >= 15 is 0 Å². The summed E-state index contributed by atoms with van der Waals surface area (Å²) in [6.07, 6.45) is 3.23. The van der Waals surface area contributed by atoms with Crippen molar-refractivity contribution in [2.45, 2.75) is 0 Å². The number of hydrogen-bond donors (Lipinski definition) is 0. The van der Waals surface area contributed by atoms with Crippen LogP contribution in [0.2, 0.25) is 0 Å². The number of likely N-dealkylation sites (N-methyl/N-ethyl adjacent to an activating group) is 1. The Balaban J connectivity index is 1.67. The van der Waals surface area contributed by atoms with Crippen LogP contribution in [0.25, 0.3) is 17.2 Å². The molecule has 1 aliphatic heterocycles. The molecule has 34 heavy (non-hydrogen) atoms. The summed E-state index contributed by atoms with van der Waals surface area (Å²) in [4.78, 5) is 17.4. The monoisotopic (exact) mass is 460 g/mol. The lowest BCUT2D eigenvalue weighted by molar-refractivity contribution is 0.104. The second kappa shape index (κ2) is 10.5. The van der Waals surface area contributed by atoms with Gasteiger partial charge in [-0.25, -0.2) is 4.39 Å². The van der Waals surface area contributed by atoms with E-state index in [4.69, 9.17) is 9.47 Å². The van der Waals surface area contributed by atoms with Gasteiger partial charge in [-0.15, -0.1) is 0 Å². The van der Waals surface area contributed by atoms with Gasteiger partial charge in [0.15, 0.2) is 5.78 Å². The zero-order valence-corrected chi connectivity index (χ0v) is 19.8. The molecule has 0 saturated carbocycles. The number of halogens is 1. The molecule has 6 heteroatoms. The van der Waals surface area contributed by atoms with Crippen molar-refractivity contribution >= 4 is 17.5 Å². The van der Waals surface area contributed by atoms with Crippen molar-refractivity contribution in [2.75, 3.05) is 52.3 Å². The zero-order chi connectivity index (χ0) is 24.1. The topological polar surface area (TPSA) is 42.0 Å². The molecule has 1 fully saturated rings. The van der Waals surface area contributed by atoms with Crippen LogP contribution < -0.4 is 14.4 Å². The molecule has 0 unspecified atom stereocenters. The van der Waals surface area contributed by atoms with Crippen molar-refractivity contribution in [1.29, 1.82) is 0 Å². The van der Waals surface area contributed by atoms with Crippen LogP contribution in [0.1, 0.15) is 15.9 Å². The van der Waals surface area contributed by atoms with Gasteiger partial charge in [0.05, 0.1) is 19.8 Å². The van der Waals surface area contributed by atoms with Crippen molar-refractivity contribution in [3.05, 3.63) is 83.7 Å². The van der Waals surface area contributed by atoms with E-state index in [0.717, 1.165) is 54.3 Å². The number of piperazine rings is 1. The summed E-state index contributed by atoms with van der Waals surface area (Å²) in [5.74, 6) is 0.187. The van der Waals surface area contributed by atoms with Crippen LogP contribution in [-0.4, -0.2) is 58.1 Å². The van der Waals surface area contributed by atoms with Crippen LogP contribution in [0.3, 0.4) is 0 Å². The summed E-state index contributed by atoms with van der Waals surface area (Å²) in [5.41, 5.74) is 4.07. The minimum atomic E-state index is -0.597. The van der Waals surface area contributed by atoms with Gasteiger partial charge in [0, 0.05) is 37.9 Å². The van der Waals surface area contributed by atoms with Crippen molar-refractivity contribution in [3.8, 4) is 22.6 Å². The fourth-order valence-electron chi connectivity index (χ4n) is 4.06. The van der Waals surface area contributed by atoms with Gasteiger partial charge in [0.25, 0.3) is 0 Å². The maximum absolute atomic E-state index is 14.4. The Labute approximate surface area is 200 Å². The Morgan fingerprint density at radius 3 is 2.15 bits per heavy atom. The van der Waals surface area contributed by atoms with Gasteiger partial charge >= 0.3 is 0 Å². The average molecular weight is 461 g/mol. The van der Waals surface area contributed by atoms with E-state index in [0.29, 0.717) is 5.75 Å². The molecule has 0 bridgehead atoms. The van der Waals surface area contributed by atoms with E-state index in [2.05, 4.69) is 35.0 Å². The number of rotatable bonds is 7. The van der Waals surface area contributed by atoms with Gasteiger partial charge in [-0.1, -0.05) is 18.2 Å². The third kappa shape index (κ3) is 5.29. The maximum atomic E-state index is 14.4. The second-order valence-corrected chi connectivity index (χ2v) is 8.34. The van der Waals surface area contributed by atoms with E-state index in [-0.39, 0.29) is 11.3 Å². The first kappa shape index (κ1) is 23.5. The molecule has 176 valence electrons. The summed E-state index contributed by atoms with van der Waals surface area (Å²) in [7, 11) is 5.23. The highest BCUT2D eigenvalue weighted by Gasteiger charge is 2.17. The zero-order valence-electron chi connectivity index (χ0n) is 19.8. The average Bonchev–Trinajstić information content (AvgIpc) is 2.87. The van der Waals surface area contributed by atoms with Crippen LogP contribution in [-0.2, 0) is 0 Å². The first-order chi connectivity index (χ1) is 16.5. The van der Waals surface area contributed by atoms with Crippen LogP contribution >= 0.6 is 0 Å². The number of nitrogens with zero attached hydrogens (tertiary/aromatic N) is 2. The minimum Gasteiger partial charge on any atom is -0.497 e. The quantitative estimate of drug-likeness (QED) is 0.360. The van der Waals surface area contributed by atoms with Crippen molar-refractivity contribution < 1.29 is 18.7 Å². The number of methoxy groups -OCH3 is 2. The minimum absolute atomic E-state index is 0.0181. The molecule has 0 N–H and O–H groups in total. The standard InChI is InChI=1S/C28H29FN2O3/c1-30-14-16-31(17-15-30)27-12-6-21(20-4-8-23(33-2)9-5-20)18-22(27)7-13-28(32)25-11-10-24(34-3)19-26(25)29/h4-13,18-19H,14-17H2,1-3H3. The molecule has 1 heterocycles. The number of carbonyl (C=O) groups is 1. The Morgan fingerprint density at radius 1 is 0.853 bits per heavy atom. The number of allylic oxidation sites excluding steroid dienone is 1. The third-order valence-corrected chi connectivity index (χ3v) is 6.15. The summed E-state index contributed by atoms with van der Waals surface area (Å²) in [5, 5.41) is 0. The summed E-state index contributed by atoms with van der Waals surface area (Å²) in [6, 6.07) is 18.4. The molecule has 5 nitrogen and oxygen atoms in total. The van der Waals surface area contributed by atoms with Gasteiger partial charge in [0.1, 0.15) is 17.3 Å². The van der Waals surface area contributed by atoms with Gasteiger partial charge < -0.3 is 19.3 Å². The highest BCUT2D eigenvalue weighted by atomic mass is 19.1. The Kier molecular flexibility index (Phi) is 7.28. The molecule has 4 rings (SSSR count). The van der Waals surface area contributed by atoms with Crippen LogP contribution in [0.15, 0.2) is 66.7 Å². The number of carbonyl (C=O) groups excluding carboxylic acids is 1. The smallest absolute Gasteiger partial charge is 0.188 e. The molecular formula is C28H29FN2O3. The molecule has 1 aliphatic rings. The molecule has 0 radical (unpaired) electrons. The molecular weight excluding hydrogens is 431 g/mol. The van der Waals surface area contributed by atoms with Crippen molar-refractivity contribution in [2.24, 2.45) is 0 Å². The number of ether oxygens (including phenoxy) is 2. The molecule has 0 aromatic heterocycles. The predicted octanol–water partition coefficient (Wildman–Crippen LogP) is 5.16. The van der Waals surface area contributed by atoms with Crippen molar-refractivity contribution in [1.82, 2.24) is 4.90 Å². The van der Waals surface area contributed by atoms with E-state index in [9.17, 15) is 9.18 Å². The summed E-state index contributed by atoms with van der Waals surface area (Å²) < 4.78 is 24.7. The lowest BCUT2D eigenvalue weighted by atomic mass is 9.99. The number of ketones is 1. The largest absolute Gasteiger partial charge is 0.497 e. The maximum Gasteiger partial charge on any atom is 0.188 e. The molecule has 0 amide bonds. The first-order valence-corrected chi connectivity index (χ1v) is 11.3. The lowest BCUT2D eigenvalue weighted by Gasteiger charge is -2.35. The lowest BCUT2D eigenvalue weighted by Crippen LogP contribution is -2.44. The molecule has 1 saturated heterocycles. The fraction of sp³-hybridized carbons (Fsp3) is 0.250. The van der Waals surface area contributed by atoms with E-state index in [1.54, 1.807) is 19.3 Å².